The lowest BCUT2D eigenvalue weighted by atomic mass is 9.95. The van der Waals surface area contributed by atoms with Crippen molar-refractivity contribution >= 4 is 55.5 Å². The van der Waals surface area contributed by atoms with E-state index in [1.165, 1.54) is 29.5 Å². The van der Waals surface area contributed by atoms with Crippen LogP contribution in [0.2, 0.25) is 5.02 Å². The zero-order valence-corrected chi connectivity index (χ0v) is 22.6. The lowest BCUT2D eigenvalue weighted by molar-refractivity contribution is 0.0526. The van der Waals surface area contributed by atoms with E-state index >= 15 is 0 Å². The molecule has 0 fully saturated rings. The number of fused-ring (bicyclic) bond motifs is 1. The number of amides is 1. The van der Waals surface area contributed by atoms with Gasteiger partial charge in [0, 0.05) is 10.4 Å². The van der Waals surface area contributed by atoms with Crippen LogP contribution in [0.1, 0.15) is 62.0 Å². The average molecular weight is 547 g/mol. The number of ether oxygens (including phenoxy) is 1. The van der Waals surface area contributed by atoms with Crippen molar-refractivity contribution < 1.29 is 22.7 Å². The third-order valence-electron chi connectivity index (χ3n) is 6.21. The smallest absolute Gasteiger partial charge is 0.341 e. The van der Waals surface area contributed by atoms with E-state index in [-0.39, 0.29) is 22.1 Å². The van der Waals surface area contributed by atoms with Crippen LogP contribution < -0.4 is 10.0 Å². The molecule has 0 spiro atoms. The molecule has 0 aliphatic heterocycles. The van der Waals surface area contributed by atoms with E-state index in [0.29, 0.717) is 16.3 Å². The number of carbonyl (C=O) groups is 2. The number of aryl methyl sites for hydroxylation is 2. The summed E-state index contributed by atoms with van der Waals surface area (Å²) >= 11 is 7.61. The lowest BCUT2D eigenvalue weighted by Crippen LogP contribution is -2.18. The summed E-state index contributed by atoms with van der Waals surface area (Å²) in [5.41, 5.74) is 3.58. The Morgan fingerprint density at radius 2 is 1.86 bits per heavy atom. The average Bonchev–Trinajstić information content (AvgIpc) is 3.20. The quantitative estimate of drug-likeness (QED) is 0.347. The molecule has 4 rings (SSSR count). The molecule has 0 bridgehead atoms. The van der Waals surface area contributed by atoms with Crippen LogP contribution in [0.5, 0.6) is 0 Å². The Balaban J connectivity index is 1.65. The van der Waals surface area contributed by atoms with Gasteiger partial charge in [0.05, 0.1) is 22.9 Å². The van der Waals surface area contributed by atoms with Crippen molar-refractivity contribution in [3.8, 4) is 0 Å². The highest BCUT2D eigenvalue weighted by Gasteiger charge is 2.28. The summed E-state index contributed by atoms with van der Waals surface area (Å²) in [5.74, 6) is -1.01. The van der Waals surface area contributed by atoms with Crippen molar-refractivity contribution in [2.24, 2.45) is 0 Å². The molecular formula is C26H27ClN2O5S2. The van der Waals surface area contributed by atoms with Crippen LogP contribution in [-0.2, 0) is 27.6 Å². The molecule has 1 aliphatic carbocycles. The fourth-order valence-corrected chi connectivity index (χ4v) is 7.08. The van der Waals surface area contributed by atoms with Gasteiger partial charge in [-0.2, -0.15) is 0 Å². The summed E-state index contributed by atoms with van der Waals surface area (Å²) in [5, 5.41) is 3.21. The molecule has 36 heavy (non-hydrogen) atoms. The van der Waals surface area contributed by atoms with Crippen LogP contribution in [0.4, 0.5) is 10.7 Å². The summed E-state index contributed by atoms with van der Waals surface area (Å²) in [4.78, 5) is 26.7. The van der Waals surface area contributed by atoms with Gasteiger partial charge >= 0.3 is 5.97 Å². The predicted octanol–water partition coefficient (Wildman–Crippen LogP) is 6.13. The molecule has 7 nitrogen and oxygen atoms in total. The Morgan fingerprint density at radius 1 is 1.11 bits per heavy atom. The van der Waals surface area contributed by atoms with E-state index in [9.17, 15) is 18.0 Å². The molecule has 1 amide bonds. The van der Waals surface area contributed by atoms with Gasteiger partial charge in [0.15, 0.2) is 0 Å². The van der Waals surface area contributed by atoms with Crippen molar-refractivity contribution in [2.45, 2.75) is 51.3 Å². The Labute approximate surface area is 219 Å². The number of nitrogens with one attached hydrogen (secondary N) is 2. The zero-order valence-electron chi connectivity index (χ0n) is 20.2. The van der Waals surface area contributed by atoms with Crippen LogP contribution >= 0.6 is 22.9 Å². The fraction of sp³-hybridized carbons (Fsp3) is 0.308. The largest absolute Gasteiger partial charge is 0.462 e. The van der Waals surface area contributed by atoms with Gasteiger partial charge in [0.2, 0.25) is 0 Å². The van der Waals surface area contributed by atoms with Crippen molar-refractivity contribution in [1.29, 1.82) is 0 Å². The van der Waals surface area contributed by atoms with Crippen molar-refractivity contribution in [2.75, 3.05) is 16.6 Å². The molecule has 3 aromatic rings. The molecule has 2 N–H and O–H groups in total. The van der Waals surface area contributed by atoms with Crippen LogP contribution in [0.25, 0.3) is 0 Å². The first-order valence-corrected chi connectivity index (χ1v) is 14.3. The summed E-state index contributed by atoms with van der Waals surface area (Å²) < 4.78 is 34.2. The molecule has 2 aromatic carbocycles. The van der Waals surface area contributed by atoms with Crippen molar-refractivity contribution in [3.05, 3.63) is 74.1 Å². The molecule has 10 heteroatoms. The molecule has 0 saturated carbocycles. The third kappa shape index (κ3) is 5.28. The molecule has 0 atom stereocenters. The van der Waals surface area contributed by atoms with Gasteiger partial charge in [0.25, 0.3) is 15.9 Å². The van der Waals surface area contributed by atoms with Gasteiger partial charge in [-0.15, -0.1) is 11.3 Å². The number of hydrogen-bond donors (Lipinski definition) is 2. The maximum Gasteiger partial charge on any atom is 0.341 e. The van der Waals surface area contributed by atoms with Crippen molar-refractivity contribution in [1.82, 2.24) is 0 Å². The Kier molecular flexibility index (Phi) is 7.73. The number of anilines is 2. The second kappa shape index (κ2) is 10.6. The summed E-state index contributed by atoms with van der Waals surface area (Å²) in [7, 11) is -4.08. The monoisotopic (exact) mass is 546 g/mol. The van der Waals surface area contributed by atoms with Crippen LogP contribution in [0, 0.1) is 13.8 Å². The molecule has 1 heterocycles. The molecular weight excluding hydrogens is 520 g/mol. The van der Waals surface area contributed by atoms with Crippen molar-refractivity contribution in [3.63, 3.8) is 0 Å². The molecule has 1 aliphatic rings. The number of thiophene rings is 1. The molecule has 1 aromatic heterocycles. The predicted molar refractivity (Wildman–Crippen MR) is 143 cm³/mol. The third-order valence-corrected chi connectivity index (χ3v) is 9.26. The first-order valence-electron chi connectivity index (χ1n) is 11.6. The molecule has 0 saturated heterocycles. The zero-order chi connectivity index (χ0) is 26.0. The first kappa shape index (κ1) is 26.2. The van der Waals surface area contributed by atoms with Crippen LogP contribution in [0.15, 0.2) is 41.3 Å². The van der Waals surface area contributed by atoms with E-state index in [0.717, 1.165) is 47.3 Å². The Hall–Kier alpha value is -2.88. The summed E-state index contributed by atoms with van der Waals surface area (Å²) in [6.07, 6.45) is 3.59. The van der Waals surface area contributed by atoms with Gasteiger partial charge in [-0.05, 0) is 87.4 Å². The minimum absolute atomic E-state index is 0.0110. The SMILES string of the molecule is CCOC(=O)c1c(NC(=O)c2ccc(Cl)c(S(=O)(=O)Nc3cccc(C)c3C)c2)sc2c1CCCC2. The van der Waals surface area contributed by atoms with Gasteiger partial charge in [-0.25, -0.2) is 13.2 Å². The number of halogens is 1. The number of benzene rings is 2. The topological polar surface area (TPSA) is 102 Å². The van der Waals surface area contributed by atoms with Gasteiger partial charge in [0.1, 0.15) is 9.90 Å². The Bertz CT molecular complexity index is 1450. The fourth-order valence-electron chi connectivity index (χ4n) is 4.16. The highest BCUT2D eigenvalue weighted by Crippen LogP contribution is 2.39. The molecule has 0 radical (unpaired) electrons. The van der Waals surface area contributed by atoms with Crippen LogP contribution in [-0.4, -0.2) is 26.9 Å². The molecule has 0 unspecified atom stereocenters. The molecule has 190 valence electrons. The normalized spacial score (nSPS) is 13.1. The number of hydrogen-bond acceptors (Lipinski definition) is 6. The van der Waals surface area contributed by atoms with Gasteiger partial charge in [-0.3, -0.25) is 9.52 Å². The van der Waals surface area contributed by atoms with E-state index in [1.54, 1.807) is 19.1 Å². The van der Waals surface area contributed by atoms with Gasteiger partial charge < -0.3 is 10.1 Å². The number of carbonyl (C=O) groups excluding carboxylic acids is 2. The highest BCUT2D eigenvalue weighted by atomic mass is 35.5. The van der Waals surface area contributed by atoms with E-state index in [1.807, 2.05) is 19.9 Å². The van der Waals surface area contributed by atoms with Gasteiger partial charge in [-0.1, -0.05) is 23.7 Å². The lowest BCUT2D eigenvalue weighted by Gasteiger charge is -2.14. The number of esters is 1. The second-order valence-corrected chi connectivity index (χ2v) is 11.8. The number of sulfonamides is 1. The minimum Gasteiger partial charge on any atom is -0.462 e. The number of rotatable bonds is 7. The summed E-state index contributed by atoms with van der Waals surface area (Å²) in [6.45, 7) is 5.66. The van der Waals surface area contributed by atoms with Crippen LogP contribution in [0.3, 0.4) is 0 Å². The summed E-state index contributed by atoms with van der Waals surface area (Å²) in [6, 6.07) is 9.37. The first-order chi connectivity index (χ1) is 17.1. The van der Waals surface area contributed by atoms with E-state index < -0.39 is 21.9 Å². The maximum absolute atomic E-state index is 13.2. The second-order valence-electron chi connectivity index (χ2n) is 8.59. The standard InChI is InChI=1S/C26H27ClN2O5S2/c1-4-34-26(31)23-18-9-5-6-11-21(18)35-25(23)28-24(30)17-12-13-19(27)22(14-17)36(32,33)29-20-10-7-8-15(2)16(20)3/h7-8,10,12-14,29H,4-6,9,11H2,1-3H3,(H,28,30). The Morgan fingerprint density at radius 3 is 2.61 bits per heavy atom. The van der Waals surface area contributed by atoms with E-state index in [4.69, 9.17) is 16.3 Å². The maximum atomic E-state index is 13.2. The minimum atomic E-state index is -4.08. The van der Waals surface area contributed by atoms with E-state index in [2.05, 4.69) is 10.0 Å². The highest BCUT2D eigenvalue weighted by molar-refractivity contribution is 7.92.